The lowest BCUT2D eigenvalue weighted by molar-refractivity contribution is 0.0947. The average Bonchev–Trinajstić information content (AvgIpc) is 3.09. The lowest BCUT2D eigenvalue weighted by atomic mass is 10.0. The molecule has 1 aromatic carbocycles. The van der Waals surface area contributed by atoms with Gasteiger partial charge in [-0.05, 0) is 46.3 Å². The molecule has 0 spiro atoms. The van der Waals surface area contributed by atoms with Crippen LogP contribution in [-0.4, -0.2) is 76.6 Å². The van der Waals surface area contributed by atoms with E-state index in [9.17, 15) is 4.79 Å². The molecule has 1 amide bonds. The molecule has 164 valence electrons. The highest BCUT2D eigenvalue weighted by atomic mass is 16.1. The number of piperazine rings is 1. The first-order valence-electron chi connectivity index (χ1n) is 11.0. The van der Waals surface area contributed by atoms with E-state index >= 15 is 0 Å². The Morgan fingerprint density at radius 3 is 2.65 bits per heavy atom. The van der Waals surface area contributed by atoms with Crippen LogP contribution in [0.15, 0.2) is 30.5 Å². The molecule has 1 saturated heterocycles. The predicted octanol–water partition coefficient (Wildman–Crippen LogP) is 2.69. The molecule has 0 atom stereocenters. The zero-order chi connectivity index (χ0) is 22.0. The van der Waals surface area contributed by atoms with Crippen LogP contribution in [0.4, 0.5) is 0 Å². The standard InChI is InChI=1S/C24H32N6O/c1-17-7-5-8-20(15-17)22-18(2)27-30-19(3)21(16-26-23(22)30)24(31)25-9-6-10-29-13-11-28(4)12-14-29/h5,7-8,15-16H,6,9-14H2,1-4H3,(H,25,31). The number of carbonyl (C=O) groups excluding carboxylic acids is 1. The fraction of sp³-hybridized carbons (Fsp3) is 0.458. The largest absolute Gasteiger partial charge is 0.352 e. The maximum Gasteiger partial charge on any atom is 0.254 e. The molecule has 1 fully saturated rings. The number of rotatable bonds is 6. The van der Waals surface area contributed by atoms with E-state index in [2.05, 4.69) is 57.4 Å². The first-order valence-corrected chi connectivity index (χ1v) is 11.0. The van der Waals surface area contributed by atoms with Crippen molar-refractivity contribution in [3.63, 3.8) is 0 Å². The third-order valence-corrected chi connectivity index (χ3v) is 6.14. The van der Waals surface area contributed by atoms with Crippen LogP contribution in [0.2, 0.25) is 0 Å². The van der Waals surface area contributed by atoms with Crippen LogP contribution in [-0.2, 0) is 0 Å². The number of nitrogens with one attached hydrogen (secondary N) is 1. The summed E-state index contributed by atoms with van der Waals surface area (Å²) in [5.74, 6) is -0.0875. The number of hydrogen-bond donors (Lipinski definition) is 1. The van der Waals surface area contributed by atoms with E-state index in [1.54, 1.807) is 10.7 Å². The summed E-state index contributed by atoms with van der Waals surface area (Å²) >= 11 is 0. The summed E-state index contributed by atoms with van der Waals surface area (Å²) in [6.45, 7) is 12.1. The summed E-state index contributed by atoms with van der Waals surface area (Å²) in [6, 6.07) is 8.34. The molecule has 0 aliphatic carbocycles. The van der Waals surface area contributed by atoms with Crippen molar-refractivity contribution in [1.29, 1.82) is 0 Å². The van der Waals surface area contributed by atoms with Crippen molar-refractivity contribution in [2.45, 2.75) is 27.2 Å². The lowest BCUT2D eigenvalue weighted by Gasteiger charge is -2.32. The molecule has 0 unspecified atom stereocenters. The minimum atomic E-state index is -0.0875. The first-order chi connectivity index (χ1) is 14.9. The highest BCUT2D eigenvalue weighted by Gasteiger charge is 2.19. The van der Waals surface area contributed by atoms with E-state index in [1.807, 2.05) is 19.9 Å². The topological polar surface area (TPSA) is 65.8 Å². The van der Waals surface area contributed by atoms with Gasteiger partial charge < -0.3 is 15.1 Å². The van der Waals surface area contributed by atoms with E-state index in [4.69, 9.17) is 0 Å². The van der Waals surface area contributed by atoms with Gasteiger partial charge in [-0.1, -0.05) is 29.8 Å². The number of aromatic nitrogens is 3. The van der Waals surface area contributed by atoms with Gasteiger partial charge in [0.05, 0.1) is 17.0 Å². The van der Waals surface area contributed by atoms with Crippen molar-refractivity contribution in [2.75, 3.05) is 46.3 Å². The second-order valence-corrected chi connectivity index (χ2v) is 8.58. The number of hydrogen-bond acceptors (Lipinski definition) is 5. The Hall–Kier alpha value is -2.77. The van der Waals surface area contributed by atoms with Gasteiger partial charge in [-0.15, -0.1) is 0 Å². The minimum absolute atomic E-state index is 0.0875. The van der Waals surface area contributed by atoms with Crippen molar-refractivity contribution in [1.82, 2.24) is 29.7 Å². The van der Waals surface area contributed by atoms with Crippen LogP contribution in [0.5, 0.6) is 0 Å². The van der Waals surface area contributed by atoms with Gasteiger partial charge in [0.2, 0.25) is 0 Å². The molecule has 7 nitrogen and oxygen atoms in total. The number of carbonyl (C=O) groups is 1. The minimum Gasteiger partial charge on any atom is -0.352 e. The van der Waals surface area contributed by atoms with Crippen molar-refractivity contribution in [3.8, 4) is 11.1 Å². The molecular weight excluding hydrogens is 388 g/mol. The van der Waals surface area contributed by atoms with Crippen LogP contribution in [0.3, 0.4) is 0 Å². The van der Waals surface area contributed by atoms with Crippen LogP contribution < -0.4 is 5.32 Å². The first kappa shape index (κ1) is 21.5. The lowest BCUT2D eigenvalue weighted by Crippen LogP contribution is -2.45. The molecule has 3 aromatic rings. The van der Waals surface area contributed by atoms with E-state index < -0.39 is 0 Å². The smallest absolute Gasteiger partial charge is 0.254 e. The Kier molecular flexibility index (Phi) is 6.34. The van der Waals surface area contributed by atoms with Crippen LogP contribution in [0.25, 0.3) is 16.8 Å². The summed E-state index contributed by atoms with van der Waals surface area (Å²) in [7, 11) is 2.16. The zero-order valence-electron chi connectivity index (χ0n) is 19.0. The van der Waals surface area contributed by atoms with Crippen LogP contribution in [0, 0.1) is 20.8 Å². The number of benzene rings is 1. The van der Waals surface area contributed by atoms with Gasteiger partial charge in [0, 0.05) is 44.5 Å². The Balaban J connectivity index is 1.45. The molecule has 2 aromatic heterocycles. The van der Waals surface area contributed by atoms with Crippen molar-refractivity contribution >= 4 is 11.6 Å². The second-order valence-electron chi connectivity index (χ2n) is 8.58. The van der Waals surface area contributed by atoms with Crippen LogP contribution >= 0.6 is 0 Å². The number of amides is 1. The van der Waals surface area contributed by atoms with Crippen molar-refractivity contribution in [3.05, 3.63) is 53.0 Å². The molecule has 0 radical (unpaired) electrons. The summed E-state index contributed by atoms with van der Waals surface area (Å²) in [5.41, 5.74) is 6.39. The third-order valence-electron chi connectivity index (χ3n) is 6.14. The van der Waals surface area contributed by atoms with Gasteiger partial charge in [-0.25, -0.2) is 9.50 Å². The molecule has 3 heterocycles. The Morgan fingerprint density at radius 2 is 1.90 bits per heavy atom. The van der Waals surface area contributed by atoms with Crippen molar-refractivity contribution < 1.29 is 4.79 Å². The number of likely N-dealkylation sites (N-methyl/N-ethyl adjacent to an activating group) is 1. The molecule has 1 aliphatic heterocycles. The monoisotopic (exact) mass is 420 g/mol. The highest BCUT2D eigenvalue weighted by molar-refractivity contribution is 5.95. The fourth-order valence-corrected chi connectivity index (χ4v) is 4.23. The van der Waals surface area contributed by atoms with Crippen molar-refractivity contribution in [2.24, 2.45) is 0 Å². The van der Waals surface area contributed by atoms with Gasteiger partial charge in [0.15, 0.2) is 5.65 Å². The molecule has 7 heteroatoms. The van der Waals surface area contributed by atoms with Gasteiger partial charge in [-0.2, -0.15) is 5.10 Å². The Bertz CT molecular complexity index is 1080. The molecule has 31 heavy (non-hydrogen) atoms. The summed E-state index contributed by atoms with van der Waals surface area (Å²) in [4.78, 5) is 22.2. The molecule has 1 aliphatic rings. The van der Waals surface area contributed by atoms with E-state index in [0.717, 1.165) is 67.3 Å². The maximum absolute atomic E-state index is 12.8. The van der Waals surface area contributed by atoms with E-state index in [-0.39, 0.29) is 5.91 Å². The number of aryl methyl sites for hydroxylation is 3. The highest BCUT2D eigenvalue weighted by Crippen LogP contribution is 2.28. The maximum atomic E-state index is 12.8. The molecule has 0 saturated carbocycles. The van der Waals surface area contributed by atoms with E-state index in [1.165, 1.54) is 5.56 Å². The van der Waals surface area contributed by atoms with Crippen LogP contribution in [0.1, 0.15) is 33.7 Å². The molecule has 1 N–H and O–H groups in total. The van der Waals surface area contributed by atoms with Gasteiger partial charge in [0.25, 0.3) is 5.91 Å². The predicted molar refractivity (Wildman–Crippen MR) is 124 cm³/mol. The average molecular weight is 421 g/mol. The van der Waals surface area contributed by atoms with Gasteiger partial charge in [-0.3, -0.25) is 4.79 Å². The Labute approximate surface area is 184 Å². The van der Waals surface area contributed by atoms with Gasteiger partial charge >= 0.3 is 0 Å². The SMILES string of the molecule is Cc1cccc(-c2c(C)nn3c(C)c(C(=O)NCCCN4CCN(C)CC4)cnc23)c1. The fourth-order valence-electron chi connectivity index (χ4n) is 4.23. The molecular formula is C24H32N6O. The normalized spacial score (nSPS) is 15.5. The summed E-state index contributed by atoms with van der Waals surface area (Å²) < 4.78 is 1.80. The Morgan fingerprint density at radius 1 is 1.13 bits per heavy atom. The summed E-state index contributed by atoms with van der Waals surface area (Å²) in [5, 5.41) is 7.75. The van der Waals surface area contributed by atoms with Gasteiger partial charge in [0.1, 0.15) is 0 Å². The third kappa shape index (κ3) is 4.62. The summed E-state index contributed by atoms with van der Waals surface area (Å²) in [6.07, 6.45) is 2.63. The zero-order valence-corrected chi connectivity index (χ0v) is 19.0. The quantitative estimate of drug-likeness (QED) is 0.621. The van der Waals surface area contributed by atoms with E-state index in [0.29, 0.717) is 12.1 Å². The molecule has 0 bridgehead atoms. The molecule has 4 rings (SSSR count). The second kappa shape index (κ2) is 9.16. The number of nitrogens with zero attached hydrogens (tertiary/aromatic N) is 5. The number of fused-ring (bicyclic) bond motifs is 1.